The third kappa shape index (κ3) is 3.19. The quantitative estimate of drug-likeness (QED) is 0.863. The molecule has 0 saturated heterocycles. The van der Waals surface area contributed by atoms with E-state index in [1.807, 2.05) is 13.0 Å². The number of hydrogen-bond donors (Lipinski definition) is 1. The first-order chi connectivity index (χ1) is 9.96. The topological polar surface area (TPSA) is 63.4 Å². The Bertz CT molecular complexity index is 727. The number of hydrogen-bond acceptors (Lipinski definition) is 3. The molecule has 0 heterocycles. The van der Waals surface area contributed by atoms with Crippen LogP contribution in [0.3, 0.4) is 0 Å². The number of nitrogens with two attached hydrogens (primary N) is 1. The Morgan fingerprint density at radius 1 is 1.10 bits per heavy atom. The summed E-state index contributed by atoms with van der Waals surface area (Å²) in [6, 6.07) is 14.0. The van der Waals surface area contributed by atoms with Crippen molar-refractivity contribution in [3.05, 3.63) is 54.1 Å². The molecule has 0 aromatic heterocycles. The van der Waals surface area contributed by atoms with Crippen LogP contribution < -0.4 is 10.0 Å². The number of aryl methyl sites for hydroxylation is 1. The Morgan fingerprint density at radius 2 is 1.81 bits per heavy atom. The van der Waals surface area contributed by atoms with Gasteiger partial charge in [-0.3, -0.25) is 4.31 Å². The molecule has 0 radical (unpaired) electrons. The zero-order valence-electron chi connectivity index (χ0n) is 12.3. The molecule has 0 aliphatic rings. The highest BCUT2D eigenvalue weighted by Crippen LogP contribution is 2.27. The fraction of sp³-hybridized carbons (Fsp3) is 0.250. The number of nitrogen functional groups attached to an aromatic ring is 1. The van der Waals surface area contributed by atoms with E-state index in [0.29, 0.717) is 22.8 Å². The first kappa shape index (κ1) is 15.4. The fourth-order valence-corrected chi connectivity index (χ4v) is 4.01. The molecule has 5 heteroatoms. The molecule has 2 N–H and O–H groups in total. The van der Waals surface area contributed by atoms with Gasteiger partial charge in [-0.15, -0.1) is 0 Å². The number of rotatable bonds is 5. The summed E-state index contributed by atoms with van der Waals surface area (Å²) < 4.78 is 27.3. The van der Waals surface area contributed by atoms with E-state index in [0.717, 1.165) is 12.0 Å². The summed E-state index contributed by atoms with van der Waals surface area (Å²) in [6.45, 7) is 4.17. The minimum Gasteiger partial charge on any atom is -0.399 e. The van der Waals surface area contributed by atoms with Crippen LogP contribution in [0.15, 0.2) is 53.4 Å². The third-order valence-electron chi connectivity index (χ3n) is 3.25. The molecule has 0 atom stereocenters. The fourth-order valence-electron chi connectivity index (χ4n) is 2.24. The van der Waals surface area contributed by atoms with Crippen molar-refractivity contribution in [2.75, 3.05) is 16.6 Å². The molecule has 4 nitrogen and oxygen atoms in total. The molecule has 0 aliphatic heterocycles. The van der Waals surface area contributed by atoms with Gasteiger partial charge in [0.2, 0.25) is 0 Å². The van der Waals surface area contributed by atoms with Crippen molar-refractivity contribution in [1.82, 2.24) is 0 Å². The first-order valence-corrected chi connectivity index (χ1v) is 8.34. The molecule has 2 aromatic rings. The molecule has 0 unspecified atom stereocenters. The average molecular weight is 304 g/mol. The van der Waals surface area contributed by atoms with Crippen LogP contribution in [0.2, 0.25) is 0 Å². The summed E-state index contributed by atoms with van der Waals surface area (Å²) in [6.07, 6.45) is 0.722. The molecule has 0 amide bonds. The highest BCUT2D eigenvalue weighted by molar-refractivity contribution is 7.92. The van der Waals surface area contributed by atoms with Crippen molar-refractivity contribution in [2.24, 2.45) is 0 Å². The Balaban J connectivity index is 2.54. The molecular formula is C16H20N2O2S. The second-order valence-electron chi connectivity index (χ2n) is 4.94. The maximum atomic E-state index is 12.9. The highest BCUT2D eigenvalue weighted by atomic mass is 32.2. The van der Waals surface area contributed by atoms with E-state index in [4.69, 9.17) is 5.73 Å². The maximum absolute atomic E-state index is 12.9. The van der Waals surface area contributed by atoms with Gasteiger partial charge in [-0.05, 0) is 43.2 Å². The Morgan fingerprint density at radius 3 is 2.43 bits per heavy atom. The van der Waals surface area contributed by atoms with Crippen LogP contribution >= 0.6 is 0 Å². The summed E-state index contributed by atoms with van der Waals surface area (Å²) in [5, 5.41) is 0. The SMILES string of the molecule is CCCN(c1cccc(N)c1)S(=O)(=O)c1ccccc1C. The predicted molar refractivity (Wildman–Crippen MR) is 86.9 cm³/mol. The van der Waals surface area contributed by atoms with Crippen LogP contribution in [0, 0.1) is 6.92 Å². The summed E-state index contributed by atoms with van der Waals surface area (Å²) >= 11 is 0. The van der Waals surface area contributed by atoms with E-state index in [1.165, 1.54) is 4.31 Å². The Labute approximate surface area is 126 Å². The van der Waals surface area contributed by atoms with E-state index in [2.05, 4.69) is 0 Å². The average Bonchev–Trinajstić information content (AvgIpc) is 2.44. The van der Waals surface area contributed by atoms with Crippen LogP contribution in [0.1, 0.15) is 18.9 Å². The zero-order valence-corrected chi connectivity index (χ0v) is 13.1. The summed E-state index contributed by atoms with van der Waals surface area (Å²) in [7, 11) is -3.59. The molecule has 0 saturated carbocycles. The minimum absolute atomic E-state index is 0.334. The molecule has 2 rings (SSSR count). The largest absolute Gasteiger partial charge is 0.399 e. The van der Waals surface area contributed by atoms with E-state index in [-0.39, 0.29) is 0 Å². The van der Waals surface area contributed by atoms with Crippen molar-refractivity contribution in [3.63, 3.8) is 0 Å². The van der Waals surface area contributed by atoms with Gasteiger partial charge in [0.15, 0.2) is 0 Å². The summed E-state index contributed by atoms with van der Waals surface area (Å²) in [4.78, 5) is 0.334. The Hall–Kier alpha value is -2.01. The molecule has 2 aromatic carbocycles. The van der Waals surface area contributed by atoms with Crippen LogP contribution in [-0.4, -0.2) is 15.0 Å². The van der Waals surface area contributed by atoms with Gasteiger partial charge in [-0.25, -0.2) is 8.42 Å². The second-order valence-corrected chi connectivity index (χ2v) is 6.77. The van der Waals surface area contributed by atoms with Crippen LogP contribution in [0.4, 0.5) is 11.4 Å². The third-order valence-corrected chi connectivity index (χ3v) is 5.23. The van der Waals surface area contributed by atoms with E-state index >= 15 is 0 Å². The second kappa shape index (κ2) is 6.18. The lowest BCUT2D eigenvalue weighted by atomic mass is 10.2. The molecule has 112 valence electrons. The summed E-state index contributed by atoms with van der Waals surface area (Å²) in [5.74, 6) is 0. The lowest BCUT2D eigenvalue weighted by Crippen LogP contribution is -2.32. The van der Waals surface area contributed by atoms with Gasteiger partial charge in [0.05, 0.1) is 10.6 Å². The van der Waals surface area contributed by atoms with Gasteiger partial charge in [0, 0.05) is 12.2 Å². The van der Waals surface area contributed by atoms with Crippen molar-refractivity contribution in [2.45, 2.75) is 25.2 Å². The number of benzene rings is 2. The normalized spacial score (nSPS) is 11.3. The maximum Gasteiger partial charge on any atom is 0.264 e. The van der Waals surface area contributed by atoms with Crippen molar-refractivity contribution in [1.29, 1.82) is 0 Å². The van der Waals surface area contributed by atoms with Crippen LogP contribution in [0.5, 0.6) is 0 Å². The predicted octanol–water partition coefficient (Wildman–Crippen LogP) is 3.18. The van der Waals surface area contributed by atoms with Gasteiger partial charge in [0.1, 0.15) is 0 Å². The van der Waals surface area contributed by atoms with Crippen LogP contribution in [0.25, 0.3) is 0 Å². The molecule has 0 bridgehead atoms. The number of anilines is 2. The van der Waals surface area contributed by atoms with Crippen molar-refractivity contribution >= 4 is 21.4 Å². The van der Waals surface area contributed by atoms with Crippen molar-refractivity contribution < 1.29 is 8.42 Å². The van der Waals surface area contributed by atoms with Gasteiger partial charge in [0.25, 0.3) is 10.0 Å². The van der Waals surface area contributed by atoms with Crippen molar-refractivity contribution in [3.8, 4) is 0 Å². The van der Waals surface area contributed by atoms with E-state index in [9.17, 15) is 8.42 Å². The standard InChI is InChI=1S/C16H20N2O2S/c1-3-11-18(15-9-6-8-14(17)12-15)21(19,20)16-10-5-4-7-13(16)2/h4-10,12H,3,11,17H2,1-2H3. The van der Waals surface area contributed by atoms with Crippen LogP contribution in [-0.2, 0) is 10.0 Å². The lowest BCUT2D eigenvalue weighted by Gasteiger charge is -2.25. The Kier molecular flexibility index (Phi) is 4.53. The minimum atomic E-state index is -3.59. The summed E-state index contributed by atoms with van der Waals surface area (Å²) in [5.41, 5.74) is 7.67. The molecular weight excluding hydrogens is 284 g/mol. The van der Waals surface area contributed by atoms with E-state index < -0.39 is 10.0 Å². The van der Waals surface area contributed by atoms with Gasteiger partial charge in [-0.1, -0.05) is 31.2 Å². The lowest BCUT2D eigenvalue weighted by molar-refractivity contribution is 0.589. The smallest absolute Gasteiger partial charge is 0.264 e. The monoisotopic (exact) mass is 304 g/mol. The van der Waals surface area contributed by atoms with E-state index in [1.54, 1.807) is 49.4 Å². The van der Waals surface area contributed by atoms with Gasteiger partial charge in [-0.2, -0.15) is 0 Å². The zero-order chi connectivity index (χ0) is 15.5. The number of sulfonamides is 1. The highest BCUT2D eigenvalue weighted by Gasteiger charge is 2.25. The first-order valence-electron chi connectivity index (χ1n) is 6.90. The molecule has 0 aliphatic carbocycles. The molecule has 0 spiro atoms. The van der Waals surface area contributed by atoms with Gasteiger partial charge < -0.3 is 5.73 Å². The molecule has 21 heavy (non-hydrogen) atoms. The van der Waals surface area contributed by atoms with Gasteiger partial charge >= 0.3 is 0 Å². The number of nitrogens with zero attached hydrogens (tertiary/aromatic N) is 1. The molecule has 0 fully saturated rings.